The molecule has 0 aromatic carbocycles. The summed E-state index contributed by atoms with van der Waals surface area (Å²) in [7, 11) is 1.54. The molecule has 0 rings (SSSR count). The van der Waals surface area contributed by atoms with Gasteiger partial charge in [0.15, 0.2) is 0 Å². The normalized spacial score (nSPS) is 12.8. The SMILES string of the molecule is CCC(OC)N(C=O)/C=C\C(N)=[NH2+]. The quantitative estimate of drug-likeness (QED) is 0.228. The molecule has 0 aromatic heterocycles. The zero-order chi connectivity index (χ0) is 10.3. The van der Waals surface area contributed by atoms with Crippen molar-refractivity contribution < 1.29 is 14.9 Å². The maximum absolute atomic E-state index is 10.6. The fourth-order valence-corrected chi connectivity index (χ4v) is 0.870. The monoisotopic (exact) mass is 186 g/mol. The maximum Gasteiger partial charge on any atom is 0.264 e. The first-order valence-corrected chi connectivity index (χ1v) is 3.97. The predicted molar refractivity (Wildman–Crippen MR) is 49.3 cm³/mol. The lowest BCUT2D eigenvalue weighted by atomic mass is 10.4. The highest BCUT2D eigenvalue weighted by Crippen LogP contribution is 2.02. The molecule has 74 valence electrons. The molecule has 0 bridgehead atoms. The Morgan fingerprint density at radius 3 is 2.69 bits per heavy atom. The Morgan fingerprint density at radius 2 is 2.38 bits per heavy atom. The van der Waals surface area contributed by atoms with Crippen LogP contribution in [0.3, 0.4) is 0 Å². The molecule has 5 nitrogen and oxygen atoms in total. The number of hydrogen-bond donors (Lipinski definition) is 2. The third-order valence-electron chi connectivity index (χ3n) is 1.51. The predicted octanol–water partition coefficient (Wildman–Crippen LogP) is -1.54. The topological polar surface area (TPSA) is 81.2 Å². The van der Waals surface area contributed by atoms with Crippen LogP contribution in [-0.4, -0.2) is 30.5 Å². The third-order valence-corrected chi connectivity index (χ3v) is 1.51. The summed E-state index contributed by atoms with van der Waals surface area (Å²) in [4.78, 5) is 11.9. The molecule has 13 heavy (non-hydrogen) atoms. The number of rotatable bonds is 6. The minimum Gasteiger partial charge on any atom is -0.361 e. The van der Waals surface area contributed by atoms with Gasteiger partial charge in [0.05, 0.1) is 0 Å². The van der Waals surface area contributed by atoms with Crippen LogP contribution in [0.2, 0.25) is 0 Å². The molecule has 0 aliphatic rings. The average Bonchev–Trinajstić information content (AvgIpc) is 2.11. The second-order valence-electron chi connectivity index (χ2n) is 2.47. The van der Waals surface area contributed by atoms with Crippen molar-refractivity contribution in [3.63, 3.8) is 0 Å². The summed E-state index contributed by atoms with van der Waals surface area (Å²) < 4.78 is 5.04. The lowest BCUT2D eigenvalue weighted by Crippen LogP contribution is -2.44. The molecule has 0 saturated carbocycles. The van der Waals surface area contributed by atoms with Crippen LogP contribution in [0.4, 0.5) is 0 Å². The molecule has 0 fully saturated rings. The molecular weight excluding hydrogens is 170 g/mol. The van der Waals surface area contributed by atoms with E-state index in [4.69, 9.17) is 15.9 Å². The maximum atomic E-state index is 10.6. The van der Waals surface area contributed by atoms with Gasteiger partial charge in [0.1, 0.15) is 6.23 Å². The summed E-state index contributed by atoms with van der Waals surface area (Å²) >= 11 is 0. The van der Waals surface area contributed by atoms with Crippen molar-refractivity contribution in [1.29, 1.82) is 0 Å². The summed E-state index contributed by atoms with van der Waals surface area (Å²) in [6.45, 7) is 1.91. The summed E-state index contributed by atoms with van der Waals surface area (Å²) in [6.07, 6.45) is 4.02. The molecule has 0 heterocycles. The Kier molecular flexibility index (Phi) is 5.54. The Morgan fingerprint density at radius 1 is 1.77 bits per heavy atom. The molecule has 0 spiro atoms. The van der Waals surface area contributed by atoms with E-state index in [1.54, 1.807) is 0 Å². The van der Waals surface area contributed by atoms with E-state index in [-0.39, 0.29) is 12.1 Å². The number of hydrogen-bond acceptors (Lipinski definition) is 2. The first-order valence-electron chi connectivity index (χ1n) is 3.97. The van der Waals surface area contributed by atoms with Crippen molar-refractivity contribution >= 4 is 12.2 Å². The van der Waals surface area contributed by atoms with E-state index in [2.05, 4.69) is 0 Å². The highest BCUT2D eigenvalue weighted by Gasteiger charge is 2.10. The highest BCUT2D eigenvalue weighted by atomic mass is 16.5. The van der Waals surface area contributed by atoms with E-state index in [0.717, 1.165) is 0 Å². The Bertz CT molecular complexity index is 200. The first-order chi connectivity index (χ1) is 6.15. The van der Waals surface area contributed by atoms with Crippen molar-refractivity contribution in [1.82, 2.24) is 4.90 Å². The third kappa shape index (κ3) is 4.27. The Balaban J connectivity index is 4.31. The molecule has 0 aromatic rings. The van der Waals surface area contributed by atoms with Gasteiger partial charge in [-0.05, 0) is 6.42 Å². The van der Waals surface area contributed by atoms with Crippen LogP contribution in [0.25, 0.3) is 0 Å². The van der Waals surface area contributed by atoms with Gasteiger partial charge in [0.25, 0.3) is 5.84 Å². The lowest BCUT2D eigenvalue weighted by Gasteiger charge is -2.21. The van der Waals surface area contributed by atoms with E-state index < -0.39 is 0 Å². The van der Waals surface area contributed by atoms with Gasteiger partial charge < -0.3 is 4.74 Å². The van der Waals surface area contributed by atoms with Crippen molar-refractivity contribution in [3.8, 4) is 0 Å². The zero-order valence-electron chi connectivity index (χ0n) is 7.93. The van der Waals surface area contributed by atoms with Gasteiger partial charge >= 0.3 is 0 Å². The fraction of sp³-hybridized carbons (Fsp3) is 0.500. The van der Waals surface area contributed by atoms with E-state index in [1.165, 1.54) is 24.3 Å². The summed E-state index contributed by atoms with van der Waals surface area (Å²) in [6, 6.07) is 0. The second-order valence-corrected chi connectivity index (χ2v) is 2.47. The number of methoxy groups -OCH3 is 1. The van der Waals surface area contributed by atoms with Crippen LogP contribution in [0, 0.1) is 0 Å². The van der Waals surface area contributed by atoms with Crippen LogP contribution >= 0.6 is 0 Å². The van der Waals surface area contributed by atoms with Crippen LogP contribution in [0.1, 0.15) is 13.3 Å². The molecule has 1 atom stereocenters. The van der Waals surface area contributed by atoms with Gasteiger partial charge in [-0.1, -0.05) is 6.92 Å². The molecule has 4 N–H and O–H groups in total. The molecule has 0 aliphatic carbocycles. The van der Waals surface area contributed by atoms with E-state index >= 15 is 0 Å². The Hall–Kier alpha value is -1.36. The highest BCUT2D eigenvalue weighted by molar-refractivity contribution is 5.85. The molecular formula is C8H16N3O2+. The van der Waals surface area contributed by atoms with Gasteiger partial charge in [-0.2, -0.15) is 0 Å². The molecule has 0 saturated heterocycles. The van der Waals surface area contributed by atoms with E-state index in [1.807, 2.05) is 6.92 Å². The van der Waals surface area contributed by atoms with Gasteiger partial charge in [-0.15, -0.1) is 0 Å². The first kappa shape index (κ1) is 11.6. The van der Waals surface area contributed by atoms with E-state index in [0.29, 0.717) is 12.8 Å². The molecule has 1 unspecified atom stereocenters. The van der Waals surface area contributed by atoms with Crippen molar-refractivity contribution in [2.45, 2.75) is 19.6 Å². The number of ether oxygens (including phenoxy) is 1. The second kappa shape index (κ2) is 6.19. The zero-order valence-corrected chi connectivity index (χ0v) is 7.93. The fourth-order valence-electron chi connectivity index (χ4n) is 0.870. The number of amidine groups is 1. The largest absolute Gasteiger partial charge is 0.361 e. The number of carbonyl (C=O) groups is 1. The molecule has 0 aliphatic heterocycles. The average molecular weight is 186 g/mol. The van der Waals surface area contributed by atoms with Crippen LogP contribution < -0.4 is 11.1 Å². The summed E-state index contributed by atoms with van der Waals surface area (Å²) in [5.41, 5.74) is 5.20. The number of carbonyl (C=O) groups excluding carboxylic acids is 1. The van der Waals surface area contributed by atoms with Crippen LogP contribution in [-0.2, 0) is 9.53 Å². The summed E-state index contributed by atoms with van der Waals surface area (Å²) in [5.74, 6) is 0.151. The Labute approximate surface area is 77.7 Å². The van der Waals surface area contributed by atoms with Gasteiger partial charge in [0, 0.05) is 19.4 Å². The standard InChI is InChI=1S/C8H15N3O2/c1-3-8(13-2)11(6-12)5-4-7(9)10/h4-6,8H,3H2,1-2H3,(H3,9,10)/p+1/b5-4-. The molecule has 0 radical (unpaired) electrons. The van der Waals surface area contributed by atoms with Crippen LogP contribution in [0.15, 0.2) is 12.3 Å². The number of nitrogens with zero attached hydrogens (tertiary/aromatic N) is 1. The minimum absolute atomic E-state index is 0.151. The van der Waals surface area contributed by atoms with Crippen molar-refractivity contribution in [3.05, 3.63) is 12.3 Å². The summed E-state index contributed by atoms with van der Waals surface area (Å²) in [5, 5.41) is 5.20. The van der Waals surface area contributed by atoms with Gasteiger partial charge in [-0.25, -0.2) is 0 Å². The van der Waals surface area contributed by atoms with Crippen molar-refractivity contribution in [2.75, 3.05) is 7.11 Å². The lowest BCUT2D eigenvalue weighted by molar-refractivity contribution is -0.125. The minimum atomic E-state index is -0.270. The number of nitrogens with two attached hydrogens (primary N) is 2. The van der Waals surface area contributed by atoms with Crippen molar-refractivity contribution in [2.24, 2.45) is 5.73 Å². The van der Waals surface area contributed by atoms with Gasteiger partial charge in [0.2, 0.25) is 6.41 Å². The van der Waals surface area contributed by atoms with Gasteiger partial charge in [-0.3, -0.25) is 20.8 Å². The molecule has 1 amide bonds. The smallest absolute Gasteiger partial charge is 0.264 e. The van der Waals surface area contributed by atoms with E-state index in [9.17, 15) is 4.79 Å². The number of amides is 1. The van der Waals surface area contributed by atoms with Crippen LogP contribution in [0.5, 0.6) is 0 Å². The molecule has 5 heteroatoms.